The molecule has 0 aliphatic carbocycles. The molecule has 1 aromatic rings. The van der Waals surface area contributed by atoms with Gasteiger partial charge in [-0.05, 0) is 38.0 Å². The van der Waals surface area contributed by atoms with Gasteiger partial charge in [-0.25, -0.2) is 9.18 Å². The fourth-order valence-corrected chi connectivity index (χ4v) is 1.57. The zero-order valence-electron chi connectivity index (χ0n) is 12.6. The van der Waals surface area contributed by atoms with Gasteiger partial charge < -0.3 is 16.0 Å². The standard InChI is InChI=1S/C15H22FN3O2/c1-4-10(2)18-14(20)11(3)19-15(21)17-9-12-5-7-13(16)8-6-12/h5-8,10-11H,4,9H2,1-3H3,(H,18,20)(H2,17,19,21)/t10-,11+/m1/s1. The van der Waals surface area contributed by atoms with Crippen molar-refractivity contribution in [2.75, 3.05) is 0 Å². The zero-order chi connectivity index (χ0) is 15.8. The molecule has 0 bridgehead atoms. The van der Waals surface area contributed by atoms with Crippen LogP contribution in [-0.2, 0) is 11.3 Å². The molecule has 1 rings (SSSR count). The third-order valence-electron chi connectivity index (χ3n) is 3.11. The molecule has 5 nitrogen and oxygen atoms in total. The van der Waals surface area contributed by atoms with Crippen molar-refractivity contribution in [3.8, 4) is 0 Å². The lowest BCUT2D eigenvalue weighted by atomic mass is 10.2. The zero-order valence-corrected chi connectivity index (χ0v) is 12.6. The van der Waals surface area contributed by atoms with Crippen molar-refractivity contribution in [1.29, 1.82) is 0 Å². The lowest BCUT2D eigenvalue weighted by Crippen LogP contribution is -2.49. The molecule has 2 atom stereocenters. The molecule has 0 aliphatic heterocycles. The van der Waals surface area contributed by atoms with Crippen LogP contribution in [0.2, 0.25) is 0 Å². The molecule has 1 aromatic carbocycles. The van der Waals surface area contributed by atoms with Gasteiger partial charge in [0.1, 0.15) is 11.9 Å². The Balaban J connectivity index is 2.35. The molecule has 6 heteroatoms. The summed E-state index contributed by atoms with van der Waals surface area (Å²) in [4.78, 5) is 23.4. The molecular weight excluding hydrogens is 273 g/mol. The van der Waals surface area contributed by atoms with E-state index in [0.717, 1.165) is 12.0 Å². The van der Waals surface area contributed by atoms with Crippen molar-refractivity contribution in [1.82, 2.24) is 16.0 Å². The summed E-state index contributed by atoms with van der Waals surface area (Å²) < 4.78 is 12.7. The molecule has 0 aliphatic rings. The summed E-state index contributed by atoms with van der Waals surface area (Å²) in [6.45, 7) is 5.76. The van der Waals surface area contributed by atoms with E-state index in [0.29, 0.717) is 0 Å². The molecule has 0 saturated heterocycles. The van der Waals surface area contributed by atoms with Crippen LogP contribution in [0, 0.1) is 5.82 Å². The number of carbonyl (C=O) groups is 2. The highest BCUT2D eigenvalue weighted by atomic mass is 19.1. The van der Waals surface area contributed by atoms with Crippen LogP contribution in [0.4, 0.5) is 9.18 Å². The Morgan fingerprint density at radius 2 is 1.76 bits per heavy atom. The highest BCUT2D eigenvalue weighted by Crippen LogP contribution is 2.01. The highest BCUT2D eigenvalue weighted by molar-refractivity contribution is 5.86. The van der Waals surface area contributed by atoms with E-state index in [4.69, 9.17) is 0 Å². The second kappa shape index (κ2) is 8.24. The van der Waals surface area contributed by atoms with Crippen LogP contribution in [0.1, 0.15) is 32.8 Å². The van der Waals surface area contributed by atoms with E-state index in [2.05, 4.69) is 16.0 Å². The number of amides is 3. The lowest BCUT2D eigenvalue weighted by molar-refractivity contribution is -0.123. The van der Waals surface area contributed by atoms with Crippen molar-refractivity contribution in [2.45, 2.75) is 45.8 Å². The molecule has 0 radical (unpaired) electrons. The lowest BCUT2D eigenvalue weighted by Gasteiger charge is -2.17. The van der Waals surface area contributed by atoms with E-state index in [1.165, 1.54) is 12.1 Å². The summed E-state index contributed by atoms with van der Waals surface area (Å²) in [7, 11) is 0. The monoisotopic (exact) mass is 295 g/mol. The van der Waals surface area contributed by atoms with Gasteiger partial charge in [0.2, 0.25) is 5.91 Å². The van der Waals surface area contributed by atoms with E-state index < -0.39 is 12.1 Å². The molecule has 0 heterocycles. The van der Waals surface area contributed by atoms with Gasteiger partial charge in [-0.15, -0.1) is 0 Å². The number of hydrogen-bond acceptors (Lipinski definition) is 2. The molecular formula is C15H22FN3O2. The number of benzene rings is 1. The van der Waals surface area contributed by atoms with Crippen LogP contribution in [-0.4, -0.2) is 24.0 Å². The maximum atomic E-state index is 12.7. The van der Waals surface area contributed by atoms with Gasteiger partial charge in [0.25, 0.3) is 0 Å². The number of rotatable bonds is 6. The molecule has 3 amide bonds. The van der Waals surface area contributed by atoms with E-state index >= 15 is 0 Å². The van der Waals surface area contributed by atoms with Crippen LogP contribution < -0.4 is 16.0 Å². The van der Waals surface area contributed by atoms with Crippen LogP contribution in [0.5, 0.6) is 0 Å². The largest absolute Gasteiger partial charge is 0.352 e. The SMILES string of the molecule is CC[C@@H](C)NC(=O)[C@H](C)NC(=O)NCc1ccc(F)cc1. The minimum Gasteiger partial charge on any atom is -0.352 e. The third kappa shape index (κ3) is 6.25. The summed E-state index contributed by atoms with van der Waals surface area (Å²) in [6.07, 6.45) is 0.829. The Bertz CT molecular complexity index is 476. The molecule has 116 valence electrons. The Morgan fingerprint density at radius 3 is 2.33 bits per heavy atom. The van der Waals surface area contributed by atoms with Crippen molar-refractivity contribution >= 4 is 11.9 Å². The Kier molecular flexibility index (Phi) is 6.65. The summed E-state index contributed by atoms with van der Waals surface area (Å²) in [5.41, 5.74) is 0.781. The third-order valence-corrected chi connectivity index (χ3v) is 3.11. The van der Waals surface area contributed by atoms with E-state index in [9.17, 15) is 14.0 Å². The van der Waals surface area contributed by atoms with Crippen LogP contribution in [0.25, 0.3) is 0 Å². The Labute approximate surface area is 124 Å². The average Bonchev–Trinajstić information content (AvgIpc) is 2.46. The fraction of sp³-hybridized carbons (Fsp3) is 0.467. The van der Waals surface area contributed by atoms with Crippen LogP contribution in [0.15, 0.2) is 24.3 Å². The number of nitrogens with one attached hydrogen (secondary N) is 3. The van der Waals surface area contributed by atoms with Gasteiger partial charge in [-0.2, -0.15) is 0 Å². The second-order valence-corrected chi connectivity index (χ2v) is 4.99. The van der Waals surface area contributed by atoms with E-state index in [-0.39, 0.29) is 24.3 Å². The first kappa shape index (κ1) is 16.9. The first-order chi connectivity index (χ1) is 9.92. The second-order valence-electron chi connectivity index (χ2n) is 4.99. The molecule has 0 aromatic heterocycles. The average molecular weight is 295 g/mol. The number of carbonyl (C=O) groups excluding carboxylic acids is 2. The van der Waals surface area contributed by atoms with Crippen molar-refractivity contribution in [2.24, 2.45) is 0 Å². The summed E-state index contributed by atoms with van der Waals surface area (Å²) in [6, 6.07) is 4.86. The summed E-state index contributed by atoms with van der Waals surface area (Å²) >= 11 is 0. The topological polar surface area (TPSA) is 70.2 Å². The maximum absolute atomic E-state index is 12.7. The quantitative estimate of drug-likeness (QED) is 0.750. The predicted molar refractivity (Wildman–Crippen MR) is 79.1 cm³/mol. The number of halogens is 1. The smallest absolute Gasteiger partial charge is 0.315 e. The van der Waals surface area contributed by atoms with Crippen LogP contribution >= 0.6 is 0 Å². The van der Waals surface area contributed by atoms with Crippen LogP contribution in [0.3, 0.4) is 0 Å². The molecule has 0 spiro atoms. The normalized spacial score (nSPS) is 13.1. The van der Waals surface area contributed by atoms with Gasteiger partial charge in [0.05, 0.1) is 0 Å². The Hall–Kier alpha value is -2.11. The van der Waals surface area contributed by atoms with Crippen molar-refractivity contribution in [3.05, 3.63) is 35.6 Å². The van der Waals surface area contributed by atoms with E-state index in [1.807, 2.05) is 13.8 Å². The minimum absolute atomic E-state index is 0.0732. The minimum atomic E-state index is -0.618. The predicted octanol–water partition coefficient (Wildman–Crippen LogP) is 1.93. The van der Waals surface area contributed by atoms with Crippen molar-refractivity contribution in [3.63, 3.8) is 0 Å². The van der Waals surface area contributed by atoms with Gasteiger partial charge in [0, 0.05) is 12.6 Å². The molecule has 0 unspecified atom stereocenters. The van der Waals surface area contributed by atoms with Gasteiger partial charge in [0.15, 0.2) is 0 Å². The molecule has 3 N–H and O–H groups in total. The molecule has 0 saturated carbocycles. The maximum Gasteiger partial charge on any atom is 0.315 e. The summed E-state index contributed by atoms with van der Waals surface area (Å²) in [5, 5.41) is 7.97. The Morgan fingerprint density at radius 1 is 1.14 bits per heavy atom. The van der Waals surface area contributed by atoms with Crippen molar-refractivity contribution < 1.29 is 14.0 Å². The molecule has 21 heavy (non-hydrogen) atoms. The first-order valence-corrected chi connectivity index (χ1v) is 7.01. The highest BCUT2D eigenvalue weighted by Gasteiger charge is 2.16. The van der Waals surface area contributed by atoms with Gasteiger partial charge >= 0.3 is 6.03 Å². The van der Waals surface area contributed by atoms with Gasteiger partial charge in [-0.3, -0.25) is 4.79 Å². The first-order valence-electron chi connectivity index (χ1n) is 7.01. The van der Waals surface area contributed by atoms with E-state index in [1.54, 1.807) is 19.1 Å². The molecule has 0 fully saturated rings. The fourth-order valence-electron chi connectivity index (χ4n) is 1.57. The summed E-state index contributed by atoms with van der Waals surface area (Å²) in [5.74, 6) is -0.542. The van der Waals surface area contributed by atoms with Gasteiger partial charge in [-0.1, -0.05) is 19.1 Å². The number of urea groups is 1. The number of hydrogen-bond donors (Lipinski definition) is 3.